The number of imidazole rings is 1. The third-order valence-electron chi connectivity index (χ3n) is 10.6. The molecule has 6 heteroatoms. The van der Waals surface area contributed by atoms with E-state index in [4.69, 9.17) is 9.97 Å². The second-order valence-electron chi connectivity index (χ2n) is 16.1. The molecule has 0 fully saturated rings. The molecule has 56 heavy (non-hydrogen) atoms. The Morgan fingerprint density at radius 3 is 2.07 bits per heavy atom. The summed E-state index contributed by atoms with van der Waals surface area (Å²) in [7, 11) is 0. The fourth-order valence-electron chi connectivity index (χ4n) is 7.63. The first-order valence-corrected chi connectivity index (χ1v) is 19.1. The van der Waals surface area contributed by atoms with E-state index in [0.717, 1.165) is 61.1 Å². The number of halogens is 1. The van der Waals surface area contributed by atoms with Crippen molar-refractivity contribution < 1.29 is 30.6 Å². The van der Waals surface area contributed by atoms with Crippen molar-refractivity contribution in [1.29, 1.82) is 0 Å². The number of hydrogen-bond donors (Lipinski definition) is 1. The van der Waals surface area contributed by atoms with Crippen molar-refractivity contribution in [1.82, 2.24) is 14.5 Å². The molecular formula is C50H45FN3OPt-. The van der Waals surface area contributed by atoms with E-state index in [1.165, 1.54) is 0 Å². The first-order valence-electron chi connectivity index (χ1n) is 19.1. The summed E-state index contributed by atoms with van der Waals surface area (Å²) in [6.07, 6.45) is 1.83. The van der Waals surface area contributed by atoms with Gasteiger partial charge in [-0.05, 0) is 69.2 Å². The van der Waals surface area contributed by atoms with Crippen molar-refractivity contribution in [3.8, 4) is 56.3 Å². The van der Waals surface area contributed by atoms with Gasteiger partial charge in [0.05, 0.1) is 22.3 Å². The van der Waals surface area contributed by atoms with Crippen molar-refractivity contribution in [2.75, 3.05) is 0 Å². The van der Waals surface area contributed by atoms with E-state index in [2.05, 4.69) is 108 Å². The predicted octanol–water partition coefficient (Wildman–Crippen LogP) is 13.4. The van der Waals surface area contributed by atoms with Crippen LogP contribution in [0.15, 0.2) is 128 Å². The van der Waals surface area contributed by atoms with Gasteiger partial charge in [0, 0.05) is 38.3 Å². The molecule has 0 atom stereocenters. The maximum absolute atomic E-state index is 16.4. The van der Waals surface area contributed by atoms with Gasteiger partial charge in [-0.3, -0.25) is 9.55 Å². The Kier molecular flexibility index (Phi) is 10.6. The second kappa shape index (κ2) is 15.3. The molecule has 6 aromatic carbocycles. The van der Waals surface area contributed by atoms with Gasteiger partial charge >= 0.3 is 0 Å². The minimum Gasteiger partial charge on any atom is -0.507 e. The number of rotatable bonds is 7. The predicted molar refractivity (Wildman–Crippen MR) is 225 cm³/mol. The molecule has 0 aliphatic carbocycles. The number of fused-ring (bicyclic) bond motifs is 2. The molecule has 0 spiro atoms. The molecule has 284 valence electrons. The number of benzene rings is 6. The molecule has 8 rings (SSSR count). The SMILES string of the molecule is CC(C)c1cccc(C(C)C)c1-n1c(-c2ccc3ccccc3c2O)nc2c(-c3[c-]c(-c4cc(-c5ccccc5)ccn4)cc(C(C)(C)C)c3)cc(F)cc21.[Pt]. The number of phenolic OH excluding ortho intramolecular Hbond substituents is 1. The van der Waals surface area contributed by atoms with Gasteiger partial charge < -0.3 is 5.11 Å². The summed E-state index contributed by atoms with van der Waals surface area (Å²) in [5.74, 6) is 0.625. The van der Waals surface area contributed by atoms with Gasteiger partial charge in [-0.1, -0.05) is 145 Å². The summed E-state index contributed by atoms with van der Waals surface area (Å²) >= 11 is 0. The Labute approximate surface area is 343 Å². The third-order valence-corrected chi connectivity index (χ3v) is 10.6. The summed E-state index contributed by atoms with van der Waals surface area (Å²) in [6, 6.07) is 43.5. The van der Waals surface area contributed by atoms with Gasteiger partial charge in [-0.15, -0.1) is 29.3 Å². The molecule has 0 bridgehead atoms. The molecule has 0 saturated heterocycles. The minimum atomic E-state index is -0.383. The van der Waals surface area contributed by atoms with Crippen LogP contribution in [0, 0.1) is 11.9 Å². The Bertz CT molecular complexity index is 2700. The van der Waals surface area contributed by atoms with Crippen LogP contribution in [0.25, 0.3) is 72.4 Å². The van der Waals surface area contributed by atoms with Crippen LogP contribution in [0.3, 0.4) is 0 Å². The number of pyridine rings is 1. The average molecular weight is 918 g/mol. The normalized spacial score (nSPS) is 11.8. The first-order chi connectivity index (χ1) is 26.4. The van der Waals surface area contributed by atoms with Crippen molar-refractivity contribution in [3.05, 3.63) is 156 Å². The monoisotopic (exact) mass is 917 g/mol. The average Bonchev–Trinajstić information content (AvgIpc) is 3.55. The van der Waals surface area contributed by atoms with Gasteiger partial charge in [0.15, 0.2) is 0 Å². The van der Waals surface area contributed by atoms with Crippen LogP contribution in [-0.2, 0) is 26.5 Å². The van der Waals surface area contributed by atoms with Crippen LogP contribution >= 0.6 is 0 Å². The van der Waals surface area contributed by atoms with E-state index in [1.54, 1.807) is 12.1 Å². The molecule has 2 heterocycles. The summed E-state index contributed by atoms with van der Waals surface area (Å²) in [4.78, 5) is 10.2. The van der Waals surface area contributed by atoms with Crippen LogP contribution in [0.2, 0.25) is 0 Å². The molecule has 1 N–H and O–H groups in total. The molecule has 4 nitrogen and oxygen atoms in total. The number of nitrogens with zero attached hydrogens (tertiary/aromatic N) is 3. The zero-order valence-electron chi connectivity index (χ0n) is 32.8. The van der Waals surface area contributed by atoms with Crippen molar-refractivity contribution in [3.63, 3.8) is 0 Å². The van der Waals surface area contributed by atoms with Gasteiger partial charge in [-0.2, -0.15) is 0 Å². The Morgan fingerprint density at radius 2 is 1.38 bits per heavy atom. The molecule has 0 saturated carbocycles. The summed E-state index contributed by atoms with van der Waals surface area (Å²) in [5.41, 5.74) is 10.9. The number of aromatic nitrogens is 3. The molecule has 0 amide bonds. The van der Waals surface area contributed by atoms with Crippen LogP contribution in [0.5, 0.6) is 5.75 Å². The van der Waals surface area contributed by atoms with E-state index in [-0.39, 0.29) is 49.9 Å². The van der Waals surface area contributed by atoms with Gasteiger partial charge in [0.2, 0.25) is 0 Å². The summed E-state index contributed by atoms with van der Waals surface area (Å²) < 4.78 is 18.5. The molecule has 0 aliphatic rings. The molecule has 8 aromatic rings. The zero-order chi connectivity index (χ0) is 38.6. The fourth-order valence-corrected chi connectivity index (χ4v) is 7.63. The number of para-hydroxylation sites is 1. The zero-order valence-corrected chi connectivity index (χ0v) is 35.0. The molecule has 2 aromatic heterocycles. The van der Waals surface area contributed by atoms with E-state index in [0.29, 0.717) is 28.0 Å². The van der Waals surface area contributed by atoms with Crippen molar-refractivity contribution in [2.45, 2.75) is 65.7 Å². The largest absolute Gasteiger partial charge is 0.507 e. The van der Waals surface area contributed by atoms with E-state index < -0.39 is 0 Å². The number of aromatic hydroxyl groups is 1. The van der Waals surface area contributed by atoms with Crippen LogP contribution < -0.4 is 0 Å². The quantitative estimate of drug-likeness (QED) is 0.162. The van der Waals surface area contributed by atoms with Crippen molar-refractivity contribution >= 4 is 21.8 Å². The third kappa shape index (κ3) is 7.10. The van der Waals surface area contributed by atoms with Crippen molar-refractivity contribution in [2.24, 2.45) is 0 Å². The second-order valence-corrected chi connectivity index (χ2v) is 16.1. The minimum absolute atomic E-state index is 0. The smallest absolute Gasteiger partial charge is 0.148 e. The van der Waals surface area contributed by atoms with Gasteiger partial charge in [0.25, 0.3) is 0 Å². The molecule has 0 unspecified atom stereocenters. The van der Waals surface area contributed by atoms with E-state index in [9.17, 15) is 5.11 Å². The fraction of sp³-hybridized carbons (Fsp3) is 0.200. The summed E-state index contributed by atoms with van der Waals surface area (Å²) in [5, 5.41) is 13.6. The Morgan fingerprint density at radius 1 is 0.696 bits per heavy atom. The van der Waals surface area contributed by atoms with E-state index >= 15 is 4.39 Å². The van der Waals surface area contributed by atoms with E-state index in [1.807, 2.05) is 66.9 Å². The van der Waals surface area contributed by atoms with Crippen LogP contribution in [0.1, 0.15) is 77.0 Å². The first kappa shape index (κ1) is 38.9. The van der Waals surface area contributed by atoms with Crippen LogP contribution in [-0.4, -0.2) is 19.6 Å². The van der Waals surface area contributed by atoms with Crippen LogP contribution in [0.4, 0.5) is 4.39 Å². The van der Waals surface area contributed by atoms with Gasteiger partial charge in [-0.25, -0.2) is 9.37 Å². The summed E-state index contributed by atoms with van der Waals surface area (Å²) in [6.45, 7) is 15.2. The molecular weight excluding hydrogens is 873 g/mol. The maximum atomic E-state index is 16.4. The molecule has 0 aliphatic heterocycles. The number of hydrogen-bond acceptors (Lipinski definition) is 3. The Balaban J connectivity index is 0.00000480. The standard InChI is InChI=1S/C50H45FN3O.Pt/c1-30(2)39-18-13-19-40(31(3)4)47(39)54-45-29-38(51)28-43(46(45)53-49(54)42-21-20-33-16-11-12-17-41(33)48(42)55)35-24-36(26-37(25-35)50(5,6)7)44-27-34(22-23-52-44)32-14-9-8-10-15-32;/h8-23,25-31,55H,1-7H3;/q-1;. The Hall–Kier alpha value is -5.38. The molecule has 0 radical (unpaired) electrons. The number of phenols is 1. The topological polar surface area (TPSA) is 50.9 Å². The van der Waals surface area contributed by atoms with Gasteiger partial charge in [0.1, 0.15) is 17.4 Å². The maximum Gasteiger partial charge on any atom is 0.148 e.